The van der Waals surface area contributed by atoms with Crippen LogP contribution in [0.25, 0.3) is 10.6 Å². The second-order valence-electron chi connectivity index (χ2n) is 5.15. The van der Waals surface area contributed by atoms with Crippen molar-refractivity contribution in [3.63, 3.8) is 0 Å². The van der Waals surface area contributed by atoms with E-state index in [4.69, 9.17) is 0 Å². The second-order valence-corrected chi connectivity index (χ2v) is 8.06. The third-order valence-corrected chi connectivity index (χ3v) is 5.32. The van der Waals surface area contributed by atoms with Crippen molar-refractivity contribution < 1.29 is 13.5 Å². The molecule has 6 nitrogen and oxygen atoms in total. The highest BCUT2D eigenvalue weighted by Gasteiger charge is 2.13. The van der Waals surface area contributed by atoms with E-state index in [-0.39, 0.29) is 11.4 Å². The number of aromatic nitrogens is 3. The molecular weight excluding hydrogens is 334 g/mol. The number of rotatable bonds is 5. The van der Waals surface area contributed by atoms with Gasteiger partial charge >= 0.3 is 0 Å². The summed E-state index contributed by atoms with van der Waals surface area (Å²) in [6, 6.07) is 6.23. The van der Waals surface area contributed by atoms with Gasteiger partial charge in [0.25, 0.3) is 0 Å². The van der Waals surface area contributed by atoms with Crippen molar-refractivity contribution in [3.05, 3.63) is 53.8 Å². The maximum absolute atomic E-state index is 11.4. The van der Waals surface area contributed by atoms with Gasteiger partial charge in [0.2, 0.25) is 0 Å². The average molecular weight is 349 g/mol. The Morgan fingerprint density at radius 2 is 2.04 bits per heavy atom. The van der Waals surface area contributed by atoms with E-state index < -0.39 is 15.9 Å². The molecule has 0 aliphatic carbocycles. The maximum Gasteiger partial charge on any atom is 0.175 e. The van der Waals surface area contributed by atoms with Crippen molar-refractivity contribution in [2.45, 2.75) is 17.5 Å². The van der Waals surface area contributed by atoms with Crippen LogP contribution in [0.5, 0.6) is 0 Å². The molecule has 0 aliphatic rings. The quantitative estimate of drug-likeness (QED) is 0.763. The van der Waals surface area contributed by atoms with Crippen LogP contribution < -0.4 is 0 Å². The summed E-state index contributed by atoms with van der Waals surface area (Å²) >= 11 is 1.52. The van der Waals surface area contributed by atoms with E-state index >= 15 is 0 Å². The van der Waals surface area contributed by atoms with E-state index in [9.17, 15) is 13.5 Å². The average Bonchev–Trinajstić information content (AvgIpc) is 3.17. The molecule has 0 fully saturated rings. The predicted molar refractivity (Wildman–Crippen MR) is 87.8 cm³/mol. The fourth-order valence-corrected chi connectivity index (χ4v) is 3.40. The van der Waals surface area contributed by atoms with Gasteiger partial charge in [-0.05, 0) is 17.7 Å². The van der Waals surface area contributed by atoms with E-state index in [0.717, 1.165) is 16.8 Å². The Balaban J connectivity index is 1.73. The minimum atomic E-state index is -3.23. The molecule has 0 bridgehead atoms. The Morgan fingerprint density at radius 1 is 1.30 bits per heavy atom. The Morgan fingerprint density at radius 3 is 2.65 bits per heavy atom. The standard InChI is InChI=1S/C15H15N3O3S2/c1-23(20,21)13-4-2-11(3-5-13)14(19)10-18-9-12(8-17-18)15-16-6-7-22-15/h2-9,14,19H,10H2,1H3. The van der Waals surface area contributed by atoms with Crippen LogP contribution in [-0.4, -0.2) is 34.5 Å². The van der Waals surface area contributed by atoms with Crippen molar-refractivity contribution in [2.24, 2.45) is 0 Å². The van der Waals surface area contributed by atoms with Crippen molar-refractivity contribution in [1.82, 2.24) is 14.8 Å². The lowest BCUT2D eigenvalue weighted by Crippen LogP contribution is -2.09. The highest BCUT2D eigenvalue weighted by atomic mass is 32.2. The number of sulfone groups is 1. The molecule has 0 saturated heterocycles. The van der Waals surface area contributed by atoms with Gasteiger partial charge in [0, 0.05) is 29.6 Å². The van der Waals surface area contributed by atoms with Crippen LogP contribution in [0, 0.1) is 0 Å². The first-order chi connectivity index (χ1) is 10.9. The summed E-state index contributed by atoms with van der Waals surface area (Å²) in [4.78, 5) is 4.45. The van der Waals surface area contributed by atoms with Gasteiger partial charge in [0.15, 0.2) is 9.84 Å². The first-order valence-electron chi connectivity index (χ1n) is 6.84. The van der Waals surface area contributed by atoms with E-state index in [2.05, 4.69) is 10.1 Å². The van der Waals surface area contributed by atoms with E-state index in [1.807, 2.05) is 11.6 Å². The van der Waals surface area contributed by atoms with E-state index in [0.29, 0.717) is 5.56 Å². The lowest BCUT2D eigenvalue weighted by Gasteiger charge is -2.11. The van der Waals surface area contributed by atoms with Gasteiger partial charge in [-0.15, -0.1) is 11.3 Å². The van der Waals surface area contributed by atoms with Gasteiger partial charge in [-0.1, -0.05) is 12.1 Å². The summed E-state index contributed by atoms with van der Waals surface area (Å²) < 4.78 is 24.5. The third-order valence-electron chi connectivity index (χ3n) is 3.37. The number of benzene rings is 1. The molecule has 1 aromatic carbocycles. The van der Waals surface area contributed by atoms with E-state index in [1.165, 1.54) is 23.5 Å². The van der Waals surface area contributed by atoms with Crippen LogP contribution in [0.3, 0.4) is 0 Å². The normalized spacial score (nSPS) is 13.1. The largest absolute Gasteiger partial charge is 0.386 e. The molecule has 2 heterocycles. The number of aliphatic hydroxyl groups excluding tert-OH is 1. The van der Waals surface area contributed by atoms with Gasteiger partial charge in [0.1, 0.15) is 5.01 Å². The third kappa shape index (κ3) is 3.66. The Labute approximate surface area is 138 Å². The van der Waals surface area contributed by atoms with Crippen LogP contribution in [0.2, 0.25) is 0 Å². The summed E-state index contributed by atoms with van der Waals surface area (Å²) in [6.07, 6.45) is 5.65. The summed E-state index contributed by atoms with van der Waals surface area (Å²) in [5.74, 6) is 0. The molecule has 0 amide bonds. The Bertz CT molecular complexity index is 884. The first-order valence-corrected chi connectivity index (χ1v) is 9.61. The molecule has 3 rings (SSSR count). The highest BCUT2D eigenvalue weighted by Crippen LogP contribution is 2.22. The van der Waals surface area contributed by atoms with Gasteiger partial charge < -0.3 is 5.11 Å². The highest BCUT2D eigenvalue weighted by molar-refractivity contribution is 7.90. The van der Waals surface area contributed by atoms with Crippen LogP contribution in [0.1, 0.15) is 11.7 Å². The van der Waals surface area contributed by atoms with Crippen molar-refractivity contribution in [3.8, 4) is 10.6 Å². The predicted octanol–water partition coefficient (Wildman–Crippen LogP) is 2.14. The van der Waals surface area contributed by atoms with Crippen LogP contribution in [0.4, 0.5) is 0 Å². The lowest BCUT2D eigenvalue weighted by molar-refractivity contribution is 0.151. The minimum Gasteiger partial charge on any atom is -0.386 e. The van der Waals surface area contributed by atoms with Gasteiger partial charge in [0.05, 0.1) is 23.7 Å². The number of nitrogens with zero attached hydrogens (tertiary/aromatic N) is 3. The molecule has 0 saturated carbocycles. The fraction of sp³-hybridized carbons (Fsp3) is 0.200. The maximum atomic E-state index is 11.4. The lowest BCUT2D eigenvalue weighted by atomic mass is 10.1. The summed E-state index contributed by atoms with van der Waals surface area (Å²) in [5, 5.41) is 17.3. The number of hydrogen-bond donors (Lipinski definition) is 1. The number of hydrogen-bond acceptors (Lipinski definition) is 6. The molecule has 1 atom stereocenters. The molecule has 3 aromatic rings. The number of thiazole rings is 1. The molecule has 23 heavy (non-hydrogen) atoms. The zero-order chi connectivity index (χ0) is 16.4. The van der Waals surface area contributed by atoms with Gasteiger partial charge in [-0.3, -0.25) is 4.68 Å². The first kappa shape index (κ1) is 15.9. The van der Waals surface area contributed by atoms with Crippen LogP contribution in [0.15, 0.2) is 53.1 Å². The van der Waals surface area contributed by atoms with Gasteiger partial charge in [-0.25, -0.2) is 13.4 Å². The summed E-state index contributed by atoms with van der Waals surface area (Å²) in [7, 11) is -3.23. The summed E-state index contributed by atoms with van der Waals surface area (Å²) in [6.45, 7) is 0.281. The van der Waals surface area contributed by atoms with Crippen molar-refractivity contribution >= 4 is 21.2 Å². The Kier molecular flexibility index (Phi) is 4.29. The Hall–Kier alpha value is -2.03. The zero-order valence-electron chi connectivity index (χ0n) is 12.3. The molecule has 1 N–H and O–H groups in total. The number of aliphatic hydroxyl groups is 1. The molecule has 0 radical (unpaired) electrons. The van der Waals surface area contributed by atoms with Crippen LogP contribution >= 0.6 is 11.3 Å². The molecule has 1 unspecified atom stereocenters. The van der Waals surface area contributed by atoms with Crippen LogP contribution in [-0.2, 0) is 16.4 Å². The second kappa shape index (κ2) is 6.23. The summed E-state index contributed by atoms with van der Waals surface area (Å²) in [5.41, 5.74) is 1.54. The topological polar surface area (TPSA) is 85.1 Å². The monoisotopic (exact) mass is 349 g/mol. The van der Waals surface area contributed by atoms with Crippen molar-refractivity contribution in [1.29, 1.82) is 0 Å². The molecule has 8 heteroatoms. The molecular formula is C15H15N3O3S2. The molecule has 2 aromatic heterocycles. The molecule has 0 spiro atoms. The van der Waals surface area contributed by atoms with Gasteiger partial charge in [-0.2, -0.15) is 5.10 Å². The molecule has 0 aliphatic heterocycles. The molecule has 120 valence electrons. The fourth-order valence-electron chi connectivity index (χ4n) is 2.16. The SMILES string of the molecule is CS(=O)(=O)c1ccc(C(O)Cn2cc(-c3nccs3)cn2)cc1. The van der Waals surface area contributed by atoms with E-state index in [1.54, 1.807) is 29.2 Å². The smallest absolute Gasteiger partial charge is 0.175 e. The zero-order valence-corrected chi connectivity index (χ0v) is 14.0. The van der Waals surface area contributed by atoms with Crippen molar-refractivity contribution in [2.75, 3.05) is 6.26 Å². The minimum absolute atomic E-state index is 0.235.